The van der Waals surface area contributed by atoms with Crippen molar-refractivity contribution in [3.05, 3.63) is 35.9 Å². The first kappa shape index (κ1) is 17.2. The predicted molar refractivity (Wildman–Crippen MR) is 81.3 cm³/mol. The molecule has 4 N–H and O–H groups in total. The third kappa shape index (κ3) is 4.56. The molecule has 0 heterocycles. The highest BCUT2D eigenvalue weighted by Gasteiger charge is 2.38. The largest absolute Gasteiger partial charge is 0.388 e. The van der Waals surface area contributed by atoms with Crippen LogP contribution in [-0.4, -0.2) is 28.6 Å². The summed E-state index contributed by atoms with van der Waals surface area (Å²) >= 11 is 0. The van der Waals surface area contributed by atoms with Crippen LogP contribution < -0.4 is 11.1 Å². The number of rotatable bonds is 6. The van der Waals surface area contributed by atoms with Crippen molar-refractivity contribution >= 4 is 11.8 Å². The summed E-state index contributed by atoms with van der Waals surface area (Å²) in [6.45, 7) is 6.18. The molecule has 116 valence electrons. The Balaban J connectivity index is 2.91. The lowest BCUT2D eigenvalue weighted by atomic mass is 9.88. The summed E-state index contributed by atoms with van der Waals surface area (Å²) in [5.74, 6) is -1.19. The Hall–Kier alpha value is -1.88. The number of carbonyl (C=O) groups excluding carboxylic acids is 2. The van der Waals surface area contributed by atoms with Crippen LogP contribution in [0.3, 0.4) is 0 Å². The van der Waals surface area contributed by atoms with Gasteiger partial charge in [-0.05, 0) is 39.7 Å². The molecule has 2 amide bonds. The molecule has 5 heteroatoms. The monoisotopic (exact) mass is 292 g/mol. The van der Waals surface area contributed by atoms with E-state index in [2.05, 4.69) is 5.32 Å². The van der Waals surface area contributed by atoms with Gasteiger partial charge in [-0.25, -0.2) is 0 Å². The van der Waals surface area contributed by atoms with E-state index in [1.165, 1.54) is 13.8 Å². The van der Waals surface area contributed by atoms with Gasteiger partial charge in [-0.15, -0.1) is 0 Å². The van der Waals surface area contributed by atoms with Crippen molar-refractivity contribution in [2.24, 2.45) is 11.1 Å². The average Bonchev–Trinajstić information content (AvgIpc) is 2.37. The van der Waals surface area contributed by atoms with Crippen LogP contribution >= 0.6 is 0 Å². The minimum Gasteiger partial charge on any atom is -0.388 e. The van der Waals surface area contributed by atoms with E-state index < -0.39 is 28.9 Å². The Bertz CT molecular complexity index is 504. The van der Waals surface area contributed by atoms with Gasteiger partial charge in [0.25, 0.3) is 0 Å². The van der Waals surface area contributed by atoms with E-state index in [-0.39, 0.29) is 0 Å². The zero-order valence-corrected chi connectivity index (χ0v) is 13.0. The Morgan fingerprint density at radius 1 is 1.19 bits per heavy atom. The normalized spacial score (nSPS) is 13.6. The molecule has 0 unspecified atom stereocenters. The van der Waals surface area contributed by atoms with Gasteiger partial charge in [0.1, 0.15) is 5.41 Å². The first-order valence-electron chi connectivity index (χ1n) is 6.92. The summed E-state index contributed by atoms with van der Waals surface area (Å²) in [6.07, 6.45) is 0.463. The molecule has 0 radical (unpaired) electrons. The maximum atomic E-state index is 12.2. The van der Waals surface area contributed by atoms with Crippen molar-refractivity contribution in [2.75, 3.05) is 0 Å². The van der Waals surface area contributed by atoms with Crippen LogP contribution in [0, 0.1) is 5.41 Å². The molecule has 0 aliphatic rings. The molecule has 0 saturated carbocycles. The minimum atomic E-state index is -1.32. The second-order valence-electron chi connectivity index (χ2n) is 6.36. The van der Waals surface area contributed by atoms with Crippen molar-refractivity contribution in [2.45, 2.75) is 45.8 Å². The maximum absolute atomic E-state index is 12.2. The molecule has 0 aliphatic carbocycles. The van der Waals surface area contributed by atoms with Gasteiger partial charge < -0.3 is 16.2 Å². The van der Waals surface area contributed by atoms with E-state index in [0.717, 1.165) is 5.56 Å². The highest BCUT2D eigenvalue weighted by molar-refractivity contribution is 6.03. The van der Waals surface area contributed by atoms with E-state index >= 15 is 0 Å². The number of benzene rings is 1. The van der Waals surface area contributed by atoms with E-state index in [0.29, 0.717) is 6.42 Å². The smallest absolute Gasteiger partial charge is 0.235 e. The lowest BCUT2D eigenvalue weighted by molar-refractivity contribution is -0.141. The number of hydrogen-bond donors (Lipinski definition) is 3. The molecular weight excluding hydrogens is 268 g/mol. The quantitative estimate of drug-likeness (QED) is 0.683. The Morgan fingerprint density at radius 3 is 2.14 bits per heavy atom. The van der Waals surface area contributed by atoms with Gasteiger partial charge in [-0.3, -0.25) is 9.59 Å². The van der Waals surface area contributed by atoms with Crippen LogP contribution in [0.15, 0.2) is 30.3 Å². The lowest BCUT2D eigenvalue weighted by Crippen LogP contribution is -2.56. The summed E-state index contributed by atoms with van der Waals surface area (Å²) in [5, 5.41) is 13.0. The van der Waals surface area contributed by atoms with Crippen LogP contribution in [0.2, 0.25) is 0 Å². The molecule has 0 fully saturated rings. The Morgan fingerprint density at radius 2 is 1.71 bits per heavy atom. The number of nitrogens with two attached hydrogens (primary N) is 1. The molecule has 0 aliphatic heterocycles. The van der Waals surface area contributed by atoms with Crippen LogP contribution in [0.4, 0.5) is 0 Å². The van der Waals surface area contributed by atoms with Crippen molar-refractivity contribution in [1.29, 1.82) is 0 Å². The molecule has 0 bridgehead atoms. The first-order valence-corrected chi connectivity index (χ1v) is 6.92. The standard InChI is InChI=1S/C16H24N2O3/c1-15(2,13(17)19)14(20)18-12(16(3,4)21)10-11-8-6-5-7-9-11/h5-9,12,21H,10H2,1-4H3,(H2,17,19)(H,18,20)/t12-/m1/s1. The van der Waals surface area contributed by atoms with Crippen molar-refractivity contribution < 1.29 is 14.7 Å². The molecule has 0 spiro atoms. The third-order valence-corrected chi connectivity index (χ3v) is 3.62. The Labute approximate surface area is 125 Å². The van der Waals surface area contributed by atoms with Crippen LogP contribution in [0.1, 0.15) is 33.3 Å². The Kier molecular flexibility index (Phi) is 5.12. The second kappa shape index (κ2) is 6.26. The predicted octanol–water partition coefficient (Wildman–Crippen LogP) is 0.996. The second-order valence-corrected chi connectivity index (χ2v) is 6.36. The highest BCUT2D eigenvalue weighted by Crippen LogP contribution is 2.19. The number of aliphatic hydroxyl groups is 1. The molecule has 0 aromatic heterocycles. The van der Waals surface area contributed by atoms with Gasteiger partial charge in [0, 0.05) is 0 Å². The van der Waals surface area contributed by atoms with Crippen molar-refractivity contribution in [3.63, 3.8) is 0 Å². The minimum absolute atomic E-state index is 0.463. The van der Waals surface area contributed by atoms with E-state index in [4.69, 9.17) is 5.73 Å². The van der Waals surface area contributed by atoms with Gasteiger partial charge in [0.15, 0.2) is 0 Å². The summed E-state index contributed by atoms with van der Waals surface area (Å²) in [5.41, 5.74) is 3.79. The fourth-order valence-electron chi connectivity index (χ4n) is 1.78. The summed E-state index contributed by atoms with van der Waals surface area (Å²) in [4.78, 5) is 23.6. The molecule has 1 aromatic carbocycles. The third-order valence-electron chi connectivity index (χ3n) is 3.62. The topological polar surface area (TPSA) is 92.4 Å². The molecule has 0 saturated heterocycles. The molecule has 21 heavy (non-hydrogen) atoms. The molecule has 5 nitrogen and oxygen atoms in total. The SMILES string of the molecule is CC(C)(C(N)=O)C(=O)N[C@H](Cc1ccccc1)C(C)(C)O. The number of amides is 2. The zero-order chi connectivity index (χ0) is 16.3. The summed E-state index contributed by atoms with van der Waals surface area (Å²) in [7, 11) is 0. The van der Waals surface area contributed by atoms with Gasteiger partial charge in [-0.2, -0.15) is 0 Å². The first-order chi connectivity index (χ1) is 9.55. The summed E-state index contributed by atoms with van der Waals surface area (Å²) in [6, 6.07) is 9.01. The van der Waals surface area contributed by atoms with Gasteiger partial charge in [-0.1, -0.05) is 30.3 Å². The van der Waals surface area contributed by atoms with Gasteiger partial charge >= 0.3 is 0 Å². The van der Waals surface area contributed by atoms with E-state index in [9.17, 15) is 14.7 Å². The average molecular weight is 292 g/mol. The van der Waals surface area contributed by atoms with Gasteiger partial charge in [0.2, 0.25) is 11.8 Å². The summed E-state index contributed by atoms with van der Waals surface area (Å²) < 4.78 is 0. The molecule has 1 aromatic rings. The van der Waals surface area contributed by atoms with Crippen molar-refractivity contribution in [1.82, 2.24) is 5.32 Å². The number of nitrogens with one attached hydrogen (secondary N) is 1. The van der Waals surface area contributed by atoms with E-state index in [1.807, 2.05) is 30.3 Å². The van der Waals surface area contributed by atoms with Crippen LogP contribution in [-0.2, 0) is 16.0 Å². The maximum Gasteiger partial charge on any atom is 0.235 e. The molecule has 1 atom stereocenters. The number of primary amides is 1. The number of carbonyl (C=O) groups is 2. The molecule has 1 rings (SSSR count). The van der Waals surface area contributed by atoms with Gasteiger partial charge in [0.05, 0.1) is 11.6 Å². The number of hydrogen-bond acceptors (Lipinski definition) is 3. The van der Waals surface area contributed by atoms with Crippen molar-refractivity contribution in [3.8, 4) is 0 Å². The zero-order valence-electron chi connectivity index (χ0n) is 13.0. The highest BCUT2D eigenvalue weighted by atomic mass is 16.3. The van der Waals surface area contributed by atoms with Crippen LogP contribution in [0.25, 0.3) is 0 Å². The van der Waals surface area contributed by atoms with Crippen LogP contribution in [0.5, 0.6) is 0 Å². The van der Waals surface area contributed by atoms with E-state index in [1.54, 1.807) is 13.8 Å². The fourth-order valence-corrected chi connectivity index (χ4v) is 1.78. The molecular formula is C16H24N2O3. The fraction of sp³-hybridized carbons (Fsp3) is 0.500. The lowest BCUT2D eigenvalue weighted by Gasteiger charge is -2.33.